The number of hydrogen-bond donors (Lipinski definition) is 0. The minimum atomic E-state index is 0.864. The second kappa shape index (κ2) is 5.82. The van der Waals surface area contributed by atoms with Gasteiger partial charge >= 0.3 is 0 Å². The minimum absolute atomic E-state index is 0.864. The van der Waals surface area contributed by atoms with E-state index in [0.717, 1.165) is 17.9 Å². The average Bonchev–Trinajstić information content (AvgIpc) is 2.15. The first-order valence-corrected chi connectivity index (χ1v) is 5.10. The predicted molar refractivity (Wildman–Crippen MR) is 59.2 cm³/mol. The maximum atomic E-state index is 6.00. The Labute approximate surface area is 85.2 Å². The van der Waals surface area contributed by atoms with Crippen molar-refractivity contribution in [2.24, 2.45) is 0 Å². The zero-order valence-electron chi connectivity index (χ0n) is 7.96. The molecule has 70 valence electrons. The first-order chi connectivity index (χ1) is 6.34. The van der Waals surface area contributed by atoms with Crippen molar-refractivity contribution in [3.05, 3.63) is 47.0 Å². The Morgan fingerprint density at radius 2 is 2.00 bits per heavy atom. The second-order valence-electron chi connectivity index (χ2n) is 3.06. The molecule has 1 aromatic carbocycles. The van der Waals surface area contributed by atoms with Gasteiger partial charge in [0.2, 0.25) is 0 Å². The van der Waals surface area contributed by atoms with Crippen LogP contribution < -0.4 is 0 Å². The smallest absolute Gasteiger partial charge is 0.0441 e. The van der Waals surface area contributed by atoms with E-state index in [4.69, 9.17) is 11.6 Å². The van der Waals surface area contributed by atoms with Crippen LogP contribution in [0.2, 0.25) is 5.02 Å². The maximum absolute atomic E-state index is 6.00. The molecular formula is C12H15Cl. The van der Waals surface area contributed by atoms with Crippen LogP contribution in [0.15, 0.2) is 36.4 Å². The van der Waals surface area contributed by atoms with Gasteiger partial charge in [0.15, 0.2) is 0 Å². The lowest BCUT2D eigenvalue weighted by Gasteiger charge is -1.98. The Kier molecular flexibility index (Phi) is 4.63. The van der Waals surface area contributed by atoms with Crippen molar-refractivity contribution in [2.45, 2.75) is 26.2 Å². The van der Waals surface area contributed by atoms with Crippen LogP contribution in [-0.2, 0) is 6.42 Å². The van der Waals surface area contributed by atoms with Crippen LogP contribution in [0.25, 0.3) is 0 Å². The van der Waals surface area contributed by atoms with Crippen molar-refractivity contribution in [3.63, 3.8) is 0 Å². The van der Waals surface area contributed by atoms with Crippen molar-refractivity contribution in [2.75, 3.05) is 0 Å². The van der Waals surface area contributed by atoms with Crippen LogP contribution in [0.5, 0.6) is 0 Å². The van der Waals surface area contributed by atoms with Crippen LogP contribution >= 0.6 is 11.6 Å². The summed E-state index contributed by atoms with van der Waals surface area (Å²) < 4.78 is 0. The fourth-order valence-corrected chi connectivity index (χ4v) is 1.37. The van der Waals surface area contributed by atoms with E-state index in [1.165, 1.54) is 12.0 Å². The molecule has 1 aromatic rings. The molecule has 0 radical (unpaired) electrons. The van der Waals surface area contributed by atoms with Gasteiger partial charge in [-0.3, -0.25) is 0 Å². The van der Waals surface area contributed by atoms with Gasteiger partial charge in [-0.15, -0.1) is 0 Å². The summed E-state index contributed by atoms with van der Waals surface area (Å²) in [4.78, 5) is 0. The van der Waals surface area contributed by atoms with E-state index in [-0.39, 0.29) is 0 Å². The minimum Gasteiger partial charge on any atom is -0.0882 e. The van der Waals surface area contributed by atoms with E-state index >= 15 is 0 Å². The fraction of sp³-hybridized carbons (Fsp3) is 0.333. The Hall–Kier alpha value is -0.750. The molecule has 0 saturated carbocycles. The van der Waals surface area contributed by atoms with Gasteiger partial charge in [-0.1, -0.05) is 55.3 Å². The summed E-state index contributed by atoms with van der Waals surface area (Å²) in [5.74, 6) is 0. The molecule has 1 rings (SSSR count). The molecule has 0 N–H and O–H groups in total. The molecule has 0 bridgehead atoms. The van der Waals surface area contributed by atoms with E-state index in [0.29, 0.717) is 0 Å². The highest BCUT2D eigenvalue weighted by molar-refractivity contribution is 6.31. The maximum Gasteiger partial charge on any atom is 0.0441 e. The van der Waals surface area contributed by atoms with Crippen molar-refractivity contribution < 1.29 is 0 Å². The zero-order valence-corrected chi connectivity index (χ0v) is 8.72. The number of allylic oxidation sites excluding steroid dienone is 2. The molecular weight excluding hydrogens is 180 g/mol. The highest BCUT2D eigenvalue weighted by Gasteiger charge is 1.94. The highest BCUT2D eigenvalue weighted by Crippen LogP contribution is 2.15. The van der Waals surface area contributed by atoms with E-state index < -0.39 is 0 Å². The molecule has 0 aliphatic rings. The average molecular weight is 195 g/mol. The first-order valence-electron chi connectivity index (χ1n) is 4.73. The predicted octanol–water partition coefficient (Wildman–Crippen LogP) is 4.24. The molecule has 0 aromatic heterocycles. The number of halogens is 1. The molecule has 1 heteroatoms. The zero-order chi connectivity index (χ0) is 9.52. The van der Waals surface area contributed by atoms with E-state index in [9.17, 15) is 0 Å². The molecule has 0 nitrogen and oxygen atoms in total. The van der Waals surface area contributed by atoms with Gasteiger partial charge in [0, 0.05) is 5.02 Å². The Morgan fingerprint density at radius 3 is 2.69 bits per heavy atom. The largest absolute Gasteiger partial charge is 0.0882 e. The number of rotatable bonds is 4. The van der Waals surface area contributed by atoms with Crippen molar-refractivity contribution in [1.82, 2.24) is 0 Å². The summed E-state index contributed by atoms with van der Waals surface area (Å²) in [7, 11) is 0. The monoisotopic (exact) mass is 194 g/mol. The molecule has 0 aliphatic carbocycles. The lowest BCUT2D eigenvalue weighted by atomic mass is 10.1. The quantitative estimate of drug-likeness (QED) is 0.629. The summed E-state index contributed by atoms with van der Waals surface area (Å²) in [6.07, 6.45) is 7.71. The normalized spacial score (nSPS) is 10.9. The molecule has 0 fully saturated rings. The van der Waals surface area contributed by atoms with Gasteiger partial charge in [0.25, 0.3) is 0 Å². The van der Waals surface area contributed by atoms with Crippen molar-refractivity contribution in [3.8, 4) is 0 Å². The Morgan fingerprint density at radius 1 is 1.23 bits per heavy atom. The topological polar surface area (TPSA) is 0 Å². The Bertz CT molecular complexity index is 276. The lowest BCUT2D eigenvalue weighted by molar-refractivity contribution is 0.953. The van der Waals surface area contributed by atoms with Gasteiger partial charge in [0.1, 0.15) is 0 Å². The van der Waals surface area contributed by atoms with Gasteiger partial charge < -0.3 is 0 Å². The van der Waals surface area contributed by atoms with Crippen LogP contribution in [0.3, 0.4) is 0 Å². The van der Waals surface area contributed by atoms with E-state index in [1.54, 1.807) is 0 Å². The van der Waals surface area contributed by atoms with Crippen LogP contribution in [0.1, 0.15) is 25.3 Å². The third-order valence-corrected chi connectivity index (χ3v) is 2.29. The molecule has 0 amide bonds. The first kappa shape index (κ1) is 10.3. The summed E-state index contributed by atoms with van der Waals surface area (Å²) >= 11 is 6.00. The molecule has 13 heavy (non-hydrogen) atoms. The highest BCUT2D eigenvalue weighted by atomic mass is 35.5. The van der Waals surface area contributed by atoms with Crippen molar-refractivity contribution in [1.29, 1.82) is 0 Å². The molecule has 0 unspecified atom stereocenters. The van der Waals surface area contributed by atoms with Crippen LogP contribution in [0.4, 0.5) is 0 Å². The summed E-state index contributed by atoms with van der Waals surface area (Å²) in [6, 6.07) is 7.99. The number of unbranched alkanes of at least 4 members (excludes halogenated alkanes) is 1. The standard InChI is InChI=1S/C12H15Cl/c1-2-3-4-5-8-11-9-6-7-10-12(11)13/h4-7,9-10H,2-3,8H2,1H3. The third kappa shape index (κ3) is 3.65. The van der Waals surface area contributed by atoms with Crippen LogP contribution in [-0.4, -0.2) is 0 Å². The molecule has 0 spiro atoms. The van der Waals surface area contributed by atoms with Crippen molar-refractivity contribution >= 4 is 11.6 Å². The second-order valence-corrected chi connectivity index (χ2v) is 3.46. The summed E-state index contributed by atoms with van der Waals surface area (Å²) in [6.45, 7) is 2.18. The van der Waals surface area contributed by atoms with E-state index in [2.05, 4.69) is 25.1 Å². The van der Waals surface area contributed by atoms with Gasteiger partial charge in [-0.05, 0) is 24.5 Å². The molecule has 0 atom stereocenters. The number of benzene rings is 1. The molecule has 0 aliphatic heterocycles. The summed E-state index contributed by atoms with van der Waals surface area (Å²) in [5, 5.41) is 0.864. The molecule has 0 saturated heterocycles. The number of hydrogen-bond acceptors (Lipinski definition) is 0. The SMILES string of the molecule is CCCC=CCc1ccccc1Cl. The van der Waals surface area contributed by atoms with E-state index in [1.807, 2.05) is 18.2 Å². The fourth-order valence-electron chi connectivity index (χ4n) is 1.16. The Balaban J connectivity index is 2.49. The van der Waals surface area contributed by atoms with Gasteiger partial charge in [-0.25, -0.2) is 0 Å². The lowest BCUT2D eigenvalue weighted by Crippen LogP contribution is -1.81. The van der Waals surface area contributed by atoms with Gasteiger partial charge in [-0.2, -0.15) is 0 Å². The van der Waals surface area contributed by atoms with Crippen LogP contribution in [0, 0.1) is 0 Å². The third-order valence-electron chi connectivity index (χ3n) is 1.92. The summed E-state index contributed by atoms with van der Waals surface area (Å²) in [5.41, 5.74) is 1.21. The molecule has 0 heterocycles. The van der Waals surface area contributed by atoms with Gasteiger partial charge in [0.05, 0.1) is 0 Å².